The van der Waals surface area contributed by atoms with Gasteiger partial charge in [0, 0.05) is 0 Å². The van der Waals surface area contributed by atoms with Crippen LogP contribution in [0.3, 0.4) is 0 Å². The van der Waals surface area contributed by atoms with Crippen LogP contribution >= 0.6 is 0 Å². The van der Waals surface area contributed by atoms with E-state index >= 15 is 0 Å². The third kappa shape index (κ3) is 2.84. The van der Waals surface area contributed by atoms with Crippen molar-refractivity contribution in [3.05, 3.63) is 72.0 Å². The molecule has 3 heteroatoms. The van der Waals surface area contributed by atoms with E-state index in [1.165, 1.54) is 19.2 Å². The third-order valence-corrected chi connectivity index (χ3v) is 3.67. The van der Waals surface area contributed by atoms with Crippen LogP contribution in [-0.2, 0) is 16.0 Å². The molecular weight excluding hydrogens is 279 g/mol. The zero-order valence-electron chi connectivity index (χ0n) is 12.2. The lowest BCUT2D eigenvalue weighted by Crippen LogP contribution is -2.05. The monoisotopic (exact) mass is 294 g/mol. The van der Waals surface area contributed by atoms with Crippen molar-refractivity contribution >= 4 is 16.7 Å². The fourth-order valence-corrected chi connectivity index (χ4v) is 2.58. The number of ether oxygens (including phenoxy) is 1. The van der Waals surface area contributed by atoms with Gasteiger partial charge in [0.05, 0.1) is 13.5 Å². The zero-order chi connectivity index (χ0) is 15.5. The third-order valence-electron chi connectivity index (χ3n) is 3.67. The van der Waals surface area contributed by atoms with E-state index < -0.39 is 0 Å². The van der Waals surface area contributed by atoms with Crippen molar-refractivity contribution in [1.82, 2.24) is 0 Å². The highest BCUT2D eigenvalue weighted by Crippen LogP contribution is 2.29. The van der Waals surface area contributed by atoms with Crippen LogP contribution in [0.15, 0.2) is 60.7 Å². The lowest BCUT2D eigenvalue weighted by atomic mass is 9.95. The Morgan fingerprint density at radius 3 is 2.50 bits per heavy atom. The predicted octanol–water partition coefficient (Wildman–Crippen LogP) is 4.36. The van der Waals surface area contributed by atoms with Crippen LogP contribution in [-0.4, -0.2) is 13.1 Å². The van der Waals surface area contributed by atoms with Gasteiger partial charge in [-0.3, -0.25) is 4.79 Å². The summed E-state index contributed by atoms with van der Waals surface area (Å²) in [5.74, 6) is -0.651. The van der Waals surface area contributed by atoms with E-state index in [2.05, 4.69) is 0 Å². The molecule has 2 nitrogen and oxygen atoms in total. The Bertz CT molecular complexity index is 825. The average molecular weight is 294 g/mol. The highest BCUT2D eigenvalue weighted by Gasteiger charge is 2.11. The van der Waals surface area contributed by atoms with Crippen LogP contribution in [0.4, 0.5) is 4.39 Å². The number of hydrogen-bond donors (Lipinski definition) is 0. The van der Waals surface area contributed by atoms with E-state index in [9.17, 15) is 9.18 Å². The first-order valence-electron chi connectivity index (χ1n) is 7.02. The first-order valence-corrected chi connectivity index (χ1v) is 7.02. The van der Waals surface area contributed by atoms with Gasteiger partial charge in [0.15, 0.2) is 0 Å². The summed E-state index contributed by atoms with van der Waals surface area (Å²) in [5, 5.41) is 1.65. The van der Waals surface area contributed by atoms with Crippen molar-refractivity contribution < 1.29 is 13.9 Å². The molecule has 0 aliphatic carbocycles. The highest BCUT2D eigenvalue weighted by atomic mass is 19.1. The quantitative estimate of drug-likeness (QED) is 0.671. The minimum Gasteiger partial charge on any atom is -0.469 e. The molecule has 0 fully saturated rings. The smallest absolute Gasteiger partial charge is 0.310 e. The highest BCUT2D eigenvalue weighted by molar-refractivity contribution is 5.93. The molecule has 3 rings (SSSR count). The van der Waals surface area contributed by atoms with E-state index in [1.54, 1.807) is 6.07 Å². The van der Waals surface area contributed by atoms with Crippen molar-refractivity contribution in [3.63, 3.8) is 0 Å². The van der Waals surface area contributed by atoms with Crippen molar-refractivity contribution in [1.29, 1.82) is 0 Å². The molecule has 0 bridgehead atoms. The second-order valence-corrected chi connectivity index (χ2v) is 5.12. The van der Waals surface area contributed by atoms with Gasteiger partial charge in [0.2, 0.25) is 0 Å². The molecule has 0 amide bonds. The standard InChI is InChI=1S/C19H15FO2/c1-22-19(21)11-16-10-15(13-5-3-2-4-6-13)9-14-7-8-17(20)12-18(14)16/h2-10,12H,11H2,1H3. The average Bonchev–Trinajstić information content (AvgIpc) is 2.55. The Morgan fingerprint density at radius 1 is 1.00 bits per heavy atom. The second-order valence-electron chi connectivity index (χ2n) is 5.12. The van der Waals surface area contributed by atoms with Gasteiger partial charge in [-0.1, -0.05) is 36.4 Å². The van der Waals surface area contributed by atoms with Crippen LogP contribution in [0, 0.1) is 5.82 Å². The minimum absolute atomic E-state index is 0.122. The molecule has 0 aliphatic heterocycles. The summed E-state index contributed by atoms with van der Waals surface area (Å²) in [6, 6.07) is 18.4. The van der Waals surface area contributed by atoms with Crippen LogP contribution in [0.25, 0.3) is 21.9 Å². The maximum atomic E-state index is 13.5. The molecule has 0 saturated carbocycles. The Kier molecular flexibility index (Phi) is 3.88. The Balaban J connectivity index is 2.20. The van der Waals surface area contributed by atoms with Crippen molar-refractivity contribution in [2.24, 2.45) is 0 Å². The molecular formula is C19H15FO2. The molecule has 3 aromatic carbocycles. The normalized spacial score (nSPS) is 10.6. The van der Waals surface area contributed by atoms with Crippen molar-refractivity contribution in [2.45, 2.75) is 6.42 Å². The molecule has 0 heterocycles. The minimum atomic E-state index is -0.337. The number of methoxy groups -OCH3 is 1. The molecule has 0 aromatic heterocycles. The summed E-state index contributed by atoms with van der Waals surface area (Å²) < 4.78 is 18.3. The Labute approximate surface area is 128 Å². The molecule has 0 spiro atoms. The van der Waals surface area contributed by atoms with E-state index in [0.717, 1.165) is 27.5 Å². The van der Waals surface area contributed by atoms with Gasteiger partial charge >= 0.3 is 5.97 Å². The largest absolute Gasteiger partial charge is 0.469 e. The molecule has 0 N–H and O–H groups in total. The lowest BCUT2D eigenvalue weighted by molar-refractivity contribution is -0.139. The second kappa shape index (κ2) is 5.98. The van der Waals surface area contributed by atoms with Crippen LogP contribution in [0.1, 0.15) is 5.56 Å². The number of rotatable bonds is 3. The van der Waals surface area contributed by atoms with Crippen LogP contribution < -0.4 is 0 Å². The molecule has 0 unspecified atom stereocenters. The summed E-state index contributed by atoms with van der Waals surface area (Å²) in [6.45, 7) is 0. The topological polar surface area (TPSA) is 26.3 Å². The van der Waals surface area contributed by atoms with Gasteiger partial charge in [-0.05, 0) is 51.7 Å². The molecule has 0 radical (unpaired) electrons. The molecule has 110 valence electrons. The number of halogens is 1. The number of fused-ring (bicyclic) bond motifs is 1. The Hall–Kier alpha value is -2.68. The van der Waals surface area contributed by atoms with Gasteiger partial charge < -0.3 is 4.74 Å². The summed E-state index contributed by atoms with van der Waals surface area (Å²) in [7, 11) is 1.35. The van der Waals surface area contributed by atoms with Gasteiger partial charge in [-0.15, -0.1) is 0 Å². The van der Waals surface area contributed by atoms with Gasteiger partial charge in [0.1, 0.15) is 5.82 Å². The van der Waals surface area contributed by atoms with E-state index in [0.29, 0.717) is 0 Å². The lowest BCUT2D eigenvalue weighted by Gasteiger charge is -2.10. The maximum Gasteiger partial charge on any atom is 0.310 e. The summed E-state index contributed by atoms with van der Waals surface area (Å²) >= 11 is 0. The van der Waals surface area contributed by atoms with Gasteiger partial charge in [0.25, 0.3) is 0 Å². The fraction of sp³-hybridized carbons (Fsp3) is 0.105. The Morgan fingerprint density at radius 2 is 1.77 bits per heavy atom. The number of benzene rings is 3. The molecule has 3 aromatic rings. The summed E-state index contributed by atoms with van der Waals surface area (Å²) in [4.78, 5) is 11.6. The maximum absolute atomic E-state index is 13.5. The van der Waals surface area contributed by atoms with E-state index in [1.807, 2.05) is 42.5 Å². The molecule has 0 saturated heterocycles. The summed E-state index contributed by atoms with van der Waals surface area (Å²) in [5.41, 5.74) is 2.82. The molecule has 22 heavy (non-hydrogen) atoms. The van der Waals surface area contributed by atoms with Gasteiger partial charge in [-0.2, -0.15) is 0 Å². The van der Waals surface area contributed by atoms with E-state index in [4.69, 9.17) is 4.74 Å². The van der Waals surface area contributed by atoms with Gasteiger partial charge in [-0.25, -0.2) is 4.39 Å². The fourth-order valence-electron chi connectivity index (χ4n) is 2.58. The summed E-state index contributed by atoms with van der Waals surface area (Å²) in [6.07, 6.45) is 0.122. The number of carbonyl (C=O) groups excluding carboxylic acids is 1. The number of carbonyl (C=O) groups is 1. The van der Waals surface area contributed by atoms with E-state index in [-0.39, 0.29) is 18.2 Å². The first kappa shape index (κ1) is 14.3. The zero-order valence-corrected chi connectivity index (χ0v) is 12.2. The molecule has 0 aliphatic rings. The SMILES string of the molecule is COC(=O)Cc1cc(-c2ccccc2)cc2ccc(F)cc12. The van der Waals surface area contributed by atoms with Crippen molar-refractivity contribution in [3.8, 4) is 11.1 Å². The first-order chi connectivity index (χ1) is 10.7. The van der Waals surface area contributed by atoms with Crippen LogP contribution in [0.5, 0.6) is 0 Å². The molecule has 0 atom stereocenters. The number of esters is 1. The predicted molar refractivity (Wildman–Crippen MR) is 85.1 cm³/mol. The van der Waals surface area contributed by atoms with Crippen LogP contribution in [0.2, 0.25) is 0 Å². The number of hydrogen-bond acceptors (Lipinski definition) is 2. The van der Waals surface area contributed by atoms with Crippen molar-refractivity contribution in [2.75, 3.05) is 7.11 Å².